The van der Waals surface area contributed by atoms with Crippen molar-refractivity contribution in [3.8, 4) is 0 Å². The van der Waals surface area contributed by atoms with Crippen LogP contribution in [0.3, 0.4) is 0 Å². The van der Waals surface area contributed by atoms with Gasteiger partial charge in [0.1, 0.15) is 5.58 Å². The van der Waals surface area contributed by atoms with Crippen LogP contribution < -0.4 is 5.32 Å². The number of hydrogen-bond acceptors (Lipinski definition) is 2. The Morgan fingerprint density at radius 3 is 2.94 bits per heavy atom. The van der Waals surface area contributed by atoms with E-state index in [2.05, 4.69) is 24.4 Å². The van der Waals surface area contributed by atoms with Crippen molar-refractivity contribution in [1.82, 2.24) is 5.32 Å². The van der Waals surface area contributed by atoms with Crippen LogP contribution in [-0.4, -0.2) is 6.54 Å². The van der Waals surface area contributed by atoms with Gasteiger partial charge in [0.2, 0.25) is 0 Å². The van der Waals surface area contributed by atoms with E-state index in [1.54, 1.807) is 0 Å². The Hall–Kier alpha value is -1.28. The molecule has 1 aromatic carbocycles. The van der Waals surface area contributed by atoms with Crippen LogP contribution in [0.1, 0.15) is 31.4 Å². The summed E-state index contributed by atoms with van der Waals surface area (Å²) in [5, 5.41) is 4.84. The fraction of sp³-hybridized carbons (Fsp3) is 0.429. The molecule has 0 bridgehead atoms. The van der Waals surface area contributed by atoms with E-state index < -0.39 is 0 Å². The molecule has 16 heavy (non-hydrogen) atoms. The SMILES string of the molecule is CCNC(c1coc2ccccc12)C1CC1. The first-order chi connectivity index (χ1) is 7.90. The van der Waals surface area contributed by atoms with Crippen LogP contribution in [0.2, 0.25) is 0 Å². The van der Waals surface area contributed by atoms with Crippen molar-refractivity contribution in [1.29, 1.82) is 0 Å². The molecular formula is C14H17NO. The molecule has 1 heterocycles. The lowest BCUT2D eigenvalue weighted by Gasteiger charge is -2.15. The maximum atomic E-state index is 5.61. The van der Waals surface area contributed by atoms with E-state index in [9.17, 15) is 0 Å². The highest BCUT2D eigenvalue weighted by atomic mass is 16.3. The van der Waals surface area contributed by atoms with Crippen LogP contribution in [0.4, 0.5) is 0 Å². The van der Waals surface area contributed by atoms with Gasteiger partial charge in [-0.2, -0.15) is 0 Å². The largest absolute Gasteiger partial charge is 0.464 e. The summed E-state index contributed by atoms with van der Waals surface area (Å²) in [5.41, 5.74) is 2.33. The molecule has 1 atom stereocenters. The van der Waals surface area contributed by atoms with E-state index in [-0.39, 0.29) is 0 Å². The molecule has 0 aliphatic heterocycles. The van der Waals surface area contributed by atoms with Gasteiger partial charge in [-0.25, -0.2) is 0 Å². The highest BCUT2D eigenvalue weighted by Crippen LogP contribution is 2.43. The molecule has 1 N–H and O–H groups in total. The molecule has 1 aliphatic carbocycles. The minimum atomic E-state index is 0.480. The lowest BCUT2D eigenvalue weighted by Crippen LogP contribution is -2.22. The normalized spacial score (nSPS) is 17.8. The highest BCUT2D eigenvalue weighted by Gasteiger charge is 2.33. The average molecular weight is 215 g/mol. The fourth-order valence-electron chi connectivity index (χ4n) is 2.42. The summed E-state index contributed by atoms with van der Waals surface area (Å²) in [4.78, 5) is 0. The van der Waals surface area contributed by atoms with Crippen LogP contribution in [0.25, 0.3) is 11.0 Å². The van der Waals surface area contributed by atoms with Gasteiger partial charge in [0, 0.05) is 17.0 Å². The van der Waals surface area contributed by atoms with Crippen LogP contribution in [-0.2, 0) is 0 Å². The van der Waals surface area contributed by atoms with E-state index >= 15 is 0 Å². The quantitative estimate of drug-likeness (QED) is 0.844. The molecule has 3 rings (SSSR count). The molecule has 1 saturated carbocycles. The number of para-hydroxylation sites is 1. The second kappa shape index (κ2) is 3.95. The molecule has 2 heteroatoms. The van der Waals surface area contributed by atoms with Crippen LogP contribution in [0.5, 0.6) is 0 Å². The molecule has 1 aliphatic rings. The van der Waals surface area contributed by atoms with Crippen LogP contribution in [0.15, 0.2) is 34.9 Å². The lowest BCUT2D eigenvalue weighted by atomic mass is 10.0. The minimum absolute atomic E-state index is 0.480. The third kappa shape index (κ3) is 1.63. The predicted molar refractivity (Wildman–Crippen MR) is 65.4 cm³/mol. The van der Waals surface area contributed by atoms with E-state index in [1.165, 1.54) is 23.8 Å². The first-order valence-corrected chi connectivity index (χ1v) is 6.09. The second-order valence-electron chi connectivity index (χ2n) is 4.56. The summed E-state index contributed by atoms with van der Waals surface area (Å²) in [6.45, 7) is 3.18. The number of benzene rings is 1. The van der Waals surface area contributed by atoms with Gasteiger partial charge >= 0.3 is 0 Å². The van der Waals surface area contributed by atoms with E-state index in [0.29, 0.717) is 6.04 Å². The maximum Gasteiger partial charge on any atom is 0.134 e. The summed E-state index contributed by atoms with van der Waals surface area (Å²) in [6, 6.07) is 8.77. The van der Waals surface area contributed by atoms with Crippen molar-refractivity contribution in [2.24, 2.45) is 5.92 Å². The molecule has 1 fully saturated rings. The van der Waals surface area contributed by atoms with Crippen molar-refractivity contribution in [2.75, 3.05) is 6.54 Å². The molecule has 1 aromatic heterocycles. The third-order valence-electron chi connectivity index (χ3n) is 3.36. The molecule has 0 saturated heterocycles. The molecule has 0 spiro atoms. The average Bonchev–Trinajstić information content (AvgIpc) is 3.06. The van der Waals surface area contributed by atoms with Crippen molar-refractivity contribution in [3.05, 3.63) is 36.1 Å². The highest BCUT2D eigenvalue weighted by molar-refractivity contribution is 5.81. The standard InChI is InChI=1S/C14H17NO/c1-2-15-14(10-7-8-10)12-9-16-13-6-4-3-5-11(12)13/h3-6,9-10,14-15H,2,7-8H2,1H3. The molecule has 1 unspecified atom stereocenters. The molecule has 2 nitrogen and oxygen atoms in total. The Morgan fingerprint density at radius 1 is 1.38 bits per heavy atom. The van der Waals surface area contributed by atoms with Gasteiger partial charge in [0.15, 0.2) is 0 Å². The maximum absolute atomic E-state index is 5.61. The number of fused-ring (bicyclic) bond motifs is 1. The summed E-state index contributed by atoms with van der Waals surface area (Å²) in [6.07, 6.45) is 4.62. The Bertz CT molecular complexity index is 484. The van der Waals surface area contributed by atoms with E-state index in [1.807, 2.05) is 18.4 Å². The monoisotopic (exact) mass is 215 g/mol. The van der Waals surface area contributed by atoms with Gasteiger partial charge in [0.25, 0.3) is 0 Å². The van der Waals surface area contributed by atoms with Gasteiger partial charge in [-0.3, -0.25) is 0 Å². The number of furan rings is 1. The number of rotatable bonds is 4. The van der Waals surface area contributed by atoms with Crippen molar-refractivity contribution < 1.29 is 4.42 Å². The summed E-state index contributed by atoms with van der Waals surface area (Å²) in [5.74, 6) is 0.806. The van der Waals surface area contributed by atoms with Crippen LogP contribution in [0, 0.1) is 5.92 Å². The Kier molecular flexibility index (Phi) is 2.44. The zero-order valence-corrected chi connectivity index (χ0v) is 9.57. The van der Waals surface area contributed by atoms with Crippen molar-refractivity contribution in [2.45, 2.75) is 25.8 Å². The van der Waals surface area contributed by atoms with Gasteiger partial charge in [-0.15, -0.1) is 0 Å². The van der Waals surface area contributed by atoms with Crippen LogP contribution >= 0.6 is 0 Å². The Morgan fingerprint density at radius 2 is 2.19 bits per heavy atom. The van der Waals surface area contributed by atoms with Crippen molar-refractivity contribution in [3.63, 3.8) is 0 Å². The molecule has 2 aromatic rings. The molecule has 0 amide bonds. The first-order valence-electron chi connectivity index (χ1n) is 6.09. The molecule has 0 radical (unpaired) electrons. The topological polar surface area (TPSA) is 25.2 Å². The molecule has 84 valence electrons. The predicted octanol–water partition coefficient (Wildman–Crippen LogP) is 3.49. The zero-order chi connectivity index (χ0) is 11.0. The van der Waals surface area contributed by atoms with Gasteiger partial charge in [-0.05, 0) is 31.4 Å². The molecular weight excluding hydrogens is 198 g/mol. The smallest absolute Gasteiger partial charge is 0.134 e. The Balaban J connectivity index is 2.02. The third-order valence-corrected chi connectivity index (χ3v) is 3.36. The van der Waals surface area contributed by atoms with Gasteiger partial charge in [0.05, 0.1) is 6.26 Å². The summed E-state index contributed by atoms with van der Waals surface area (Å²) < 4.78 is 5.61. The van der Waals surface area contributed by atoms with Crippen molar-refractivity contribution >= 4 is 11.0 Å². The summed E-state index contributed by atoms with van der Waals surface area (Å²) in [7, 11) is 0. The Labute approximate surface area is 95.6 Å². The summed E-state index contributed by atoms with van der Waals surface area (Å²) >= 11 is 0. The van der Waals surface area contributed by atoms with Gasteiger partial charge in [-0.1, -0.05) is 25.1 Å². The second-order valence-corrected chi connectivity index (χ2v) is 4.56. The minimum Gasteiger partial charge on any atom is -0.464 e. The van der Waals surface area contributed by atoms with E-state index in [0.717, 1.165) is 18.0 Å². The van der Waals surface area contributed by atoms with Gasteiger partial charge < -0.3 is 9.73 Å². The fourth-order valence-corrected chi connectivity index (χ4v) is 2.42. The first kappa shape index (κ1) is 9.91. The zero-order valence-electron chi connectivity index (χ0n) is 9.57. The lowest BCUT2D eigenvalue weighted by molar-refractivity contribution is 0.489. The van der Waals surface area contributed by atoms with E-state index in [4.69, 9.17) is 4.42 Å². The number of hydrogen-bond donors (Lipinski definition) is 1. The number of nitrogens with one attached hydrogen (secondary N) is 1.